The number of benzene rings is 6. The summed E-state index contributed by atoms with van der Waals surface area (Å²) in [7, 11) is 0. The van der Waals surface area contributed by atoms with Gasteiger partial charge in [-0.2, -0.15) is 0 Å². The summed E-state index contributed by atoms with van der Waals surface area (Å²) in [5.41, 5.74) is 13.2. The molecule has 0 heterocycles. The number of rotatable bonds is 10. The lowest BCUT2D eigenvalue weighted by Gasteiger charge is -2.16. The number of anilines is 3. The van der Waals surface area contributed by atoms with Gasteiger partial charge in [-0.05, 0) is 94.4 Å². The molecule has 6 aromatic rings. The minimum atomic E-state index is 0.950. The summed E-state index contributed by atoms with van der Waals surface area (Å²) < 4.78 is 0. The lowest BCUT2D eigenvalue weighted by atomic mass is 9.95. The van der Waals surface area contributed by atoms with E-state index in [1.165, 1.54) is 16.7 Å². The highest BCUT2D eigenvalue weighted by Gasteiger charge is 2.11. The molecule has 0 saturated heterocycles. The predicted molar refractivity (Wildman–Crippen MR) is 194 cm³/mol. The fourth-order valence-corrected chi connectivity index (χ4v) is 5.36. The Morgan fingerprint density at radius 1 is 0.556 bits per heavy atom. The normalized spacial score (nSPS) is 11.4. The third-order valence-electron chi connectivity index (χ3n) is 7.69. The van der Waals surface area contributed by atoms with E-state index in [1.54, 1.807) is 0 Å². The van der Waals surface area contributed by atoms with E-state index in [-0.39, 0.29) is 0 Å². The number of allylic oxidation sites excluding steroid dienone is 4. The van der Waals surface area contributed by atoms with Gasteiger partial charge < -0.3 is 10.6 Å². The first-order valence-corrected chi connectivity index (χ1v) is 15.2. The standard InChI is InChI=1S/C43H36N2/c1-32-14-12-19-36(28-32)37-20-13-23-41(30-37)45-43-25-24-38(31-42(43)35-17-8-4-9-18-35)39(26-27-44-40-21-10-5-11-22-40)29-33(2)34-15-6-3-7-16-34/h3-31,44-45H,2H2,1H3/b27-26-,39-29+. The van der Waals surface area contributed by atoms with Gasteiger partial charge in [0.1, 0.15) is 0 Å². The lowest BCUT2D eigenvalue weighted by molar-refractivity contribution is 1.46. The minimum absolute atomic E-state index is 0.950. The Morgan fingerprint density at radius 2 is 1.18 bits per heavy atom. The smallest absolute Gasteiger partial charge is 0.0464 e. The van der Waals surface area contributed by atoms with Crippen molar-refractivity contribution in [1.29, 1.82) is 0 Å². The van der Waals surface area contributed by atoms with Crippen LogP contribution in [0.2, 0.25) is 0 Å². The summed E-state index contributed by atoms with van der Waals surface area (Å²) in [6.45, 7) is 6.54. The van der Waals surface area contributed by atoms with Crippen LogP contribution in [0.4, 0.5) is 17.1 Å². The Bertz CT molecular complexity index is 1950. The number of aryl methyl sites for hydroxylation is 1. The van der Waals surface area contributed by atoms with Gasteiger partial charge in [-0.25, -0.2) is 0 Å². The van der Waals surface area contributed by atoms with Gasteiger partial charge >= 0.3 is 0 Å². The van der Waals surface area contributed by atoms with E-state index < -0.39 is 0 Å². The van der Waals surface area contributed by atoms with E-state index in [1.807, 2.05) is 42.6 Å². The number of nitrogens with one attached hydrogen (secondary N) is 2. The molecule has 0 spiro atoms. The highest BCUT2D eigenvalue weighted by molar-refractivity contribution is 5.91. The fraction of sp³-hybridized carbons (Fsp3) is 0.0233. The molecule has 0 unspecified atom stereocenters. The van der Waals surface area contributed by atoms with Gasteiger partial charge in [-0.1, -0.05) is 133 Å². The second kappa shape index (κ2) is 14.1. The van der Waals surface area contributed by atoms with Gasteiger partial charge in [0.25, 0.3) is 0 Å². The van der Waals surface area contributed by atoms with E-state index >= 15 is 0 Å². The van der Waals surface area contributed by atoms with Crippen molar-refractivity contribution in [2.24, 2.45) is 0 Å². The van der Waals surface area contributed by atoms with Crippen molar-refractivity contribution in [1.82, 2.24) is 0 Å². The molecular formula is C43H36N2. The van der Waals surface area contributed by atoms with E-state index in [2.05, 4.69) is 158 Å². The Kier molecular flexibility index (Phi) is 9.14. The fourth-order valence-electron chi connectivity index (χ4n) is 5.36. The van der Waals surface area contributed by atoms with Crippen molar-refractivity contribution in [3.05, 3.63) is 199 Å². The van der Waals surface area contributed by atoms with Gasteiger partial charge in [0.2, 0.25) is 0 Å². The molecule has 6 rings (SSSR count). The molecule has 45 heavy (non-hydrogen) atoms. The maximum atomic E-state index is 4.41. The van der Waals surface area contributed by atoms with Gasteiger partial charge in [0.15, 0.2) is 0 Å². The second-order valence-electron chi connectivity index (χ2n) is 11.0. The minimum Gasteiger partial charge on any atom is -0.362 e. The Labute approximate surface area is 266 Å². The molecule has 0 saturated carbocycles. The van der Waals surface area contributed by atoms with Crippen LogP contribution in [-0.2, 0) is 0 Å². The van der Waals surface area contributed by atoms with Crippen molar-refractivity contribution in [2.45, 2.75) is 6.92 Å². The molecular weight excluding hydrogens is 544 g/mol. The topological polar surface area (TPSA) is 24.1 Å². The largest absolute Gasteiger partial charge is 0.362 e. The molecule has 0 aromatic heterocycles. The van der Waals surface area contributed by atoms with Gasteiger partial charge in [0, 0.05) is 28.8 Å². The number of hydrogen-bond donors (Lipinski definition) is 2. The van der Waals surface area contributed by atoms with Crippen LogP contribution in [0.15, 0.2) is 183 Å². The Hall–Kier alpha value is -5.86. The predicted octanol–water partition coefficient (Wildman–Crippen LogP) is 11.8. The molecule has 0 fully saturated rings. The molecule has 218 valence electrons. The zero-order valence-electron chi connectivity index (χ0n) is 25.5. The van der Waals surface area contributed by atoms with Gasteiger partial charge in [-0.15, -0.1) is 0 Å². The monoisotopic (exact) mass is 580 g/mol. The maximum absolute atomic E-state index is 4.41. The maximum Gasteiger partial charge on any atom is 0.0464 e. The van der Waals surface area contributed by atoms with Gasteiger partial charge in [-0.3, -0.25) is 0 Å². The molecule has 0 radical (unpaired) electrons. The van der Waals surface area contributed by atoms with Gasteiger partial charge in [0.05, 0.1) is 0 Å². The molecule has 0 aliphatic heterocycles. The van der Waals surface area contributed by atoms with Crippen molar-refractivity contribution >= 4 is 28.2 Å². The summed E-state index contributed by atoms with van der Waals surface area (Å²) in [6, 6.07) is 54.9. The van der Waals surface area contributed by atoms with Crippen LogP contribution in [-0.4, -0.2) is 0 Å². The lowest BCUT2D eigenvalue weighted by Crippen LogP contribution is -1.96. The molecule has 0 amide bonds. The SMILES string of the molecule is C=C(/C=C(\C=C/Nc1ccccc1)c1ccc(Nc2cccc(-c3cccc(C)c3)c2)c(-c2ccccc2)c1)c1ccccc1. The number of hydrogen-bond acceptors (Lipinski definition) is 2. The summed E-state index contributed by atoms with van der Waals surface area (Å²) in [4.78, 5) is 0. The molecule has 0 aliphatic carbocycles. The molecule has 2 N–H and O–H groups in total. The average Bonchev–Trinajstić information content (AvgIpc) is 3.09. The van der Waals surface area contributed by atoms with E-state index in [9.17, 15) is 0 Å². The van der Waals surface area contributed by atoms with Crippen LogP contribution < -0.4 is 10.6 Å². The van der Waals surface area contributed by atoms with E-state index in [4.69, 9.17) is 0 Å². The van der Waals surface area contributed by atoms with Crippen molar-refractivity contribution < 1.29 is 0 Å². The van der Waals surface area contributed by atoms with E-state index in [0.29, 0.717) is 0 Å². The summed E-state index contributed by atoms with van der Waals surface area (Å²) in [6.07, 6.45) is 6.26. The summed E-state index contributed by atoms with van der Waals surface area (Å²) in [5, 5.41) is 7.13. The second-order valence-corrected chi connectivity index (χ2v) is 11.0. The Balaban J connectivity index is 1.38. The highest BCUT2D eigenvalue weighted by atomic mass is 14.9. The van der Waals surface area contributed by atoms with Crippen molar-refractivity contribution in [3.8, 4) is 22.3 Å². The Morgan fingerprint density at radius 3 is 1.91 bits per heavy atom. The van der Waals surface area contributed by atoms with Crippen LogP contribution in [0.25, 0.3) is 33.4 Å². The first-order valence-electron chi connectivity index (χ1n) is 15.2. The molecule has 6 aromatic carbocycles. The first kappa shape index (κ1) is 29.2. The zero-order chi connectivity index (χ0) is 30.8. The quantitative estimate of drug-likeness (QED) is 0.158. The third-order valence-corrected chi connectivity index (χ3v) is 7.69. The molecule has 2 heteroatoms. The zero-order valence-corrected chi connectivity index (χ0v) is 25.5. The van der Waals surface area contributed by atoms with Crippen LogP contribution >= 0.6 is 0 Å². The summed E-state index contributed by atoms with van der Waals surface area (Å²) >= 11 is 0. The van der Waals surface area contributed by atoms with Crippen molar-refractivity contribution in [2.75, 3.05) is 10.6 Å². The number of para-hydroxylation sites is 1. The van der Waals surface area contributed by atoms with E-state index in [0.717, 1.165) is 50.5 Å². The van der Waals surface area contributed by atoms with Crippen molar-refractivity contribution in [3.63, 3.8) is 0 Å². The highest BCUT2D eigenvalue weighted by Crippen LogP contribution is 2.35. The molecule has 2 nitrogen and oxygen atoms in total. The van der Waals surface area contributed by atoms with Crippen LogP contribution in [0.5, 0.6) is 0 Å². The third kappa shape index (κ3) is 7.57. The molecule has 0 atom stereocenters. The molecule has 0 bridgehead atoms. The molecule has 0 aliphatic rings. The average molecular weight is 581 g/mol. The summed E-state index contributed by atoms with van der Waals surface area (Å²) in [5.74, 6) is 0. The van der Waals surface area contributed by atoms with Crippen LogP contribution in [0.3, 0.4) is 0 Å². The van der Waals surface area contributed by atoms with Crippen LogP contribution in [0.1, 0.15) is 16.7 Å². The van der Waals surface area contributed by atoms with Crippen LogP contribution in [0, 0.1) is 6.92 Å². The first-order chi connectivity index (χ1) is 22.1.